The van der Waals surface area contributed by atoms with Crippen molar-refractivity contribution in [1.82, 2.24) is 0 Å². The van der Waals surface area contributed by atoms with Gasteiger partial charge < -0.3 is 9.47 Å². The van der Waals surface area contributed by atoms with Gasteiger partial charge >= 0.3 is 5.97 Å². The SMILES string of the molecule is CCCCCCCCCCCCCCCC(=O)OCCOCCCCCCCC. The highest BCUT2D eigenvalue weighted by atomic mass is 16.6. The maximum Gasteiger partial charge on any atom is 0.305 e. The van der Waals surface area contributed by atoms with Crippen molar-refractivity contribution in [3.05, 3.63) is 0 Å². The Morgan fingerprint density at radius 2 is 0.897 bits per heavy atom. The van der Waals surface area contributed by atoms with Crippen LogP contribution in [0.2, 0.25) is 0 Å². The van der Waals surface area contributed by atoms with E-state index in [1.165, 1.54) is 103 Å². The molecule has 3 nitrogen and oxygen atoms in total. The van der Waals surface area contributed by atoms with Crippen molar-refractivity contribution in [3.63, 3.8) is 0 Å². The molecule has 0 atom stereocenters. The molecule has 0 radical (unpaired) electrons. The normalized spacial score (nSPS) is 11.1. The van der Waals surface area contributed by atoms with Crippen LogP contribution >= 0.6 is 0 Å². The summed E-state index contributed by atoms with van der Waals surface area (Å²) < 4.78 is 10.8. The van der Waals surface area contributed by atoms with E-state index in [-0.39, 0.29) is 5.97 Å². The number of unbranched alkanes of at least 4 members (excludes halogenated alkanes) is 17. The molecule has 0 aromatic heterocycles. The number of hydrogen-bond donors (Lipinski definition) is 0. The smallest absolute Gasteiger partial charge is 0.305 e. The highest BCUT2D eigenvalue weighted by molar-refractivity contribution is 5.69. The Balaban J connectivity index is 3.13. The van der Waals surface area contributed by atoms with Gasteiger partial charge in [-0.2, -0.15) is 0 Å². The monoisotopic (exact) mass is 412 g/mol. The summed E-state index contributed by atoms with van der Waals surface area (Å²) in [5.74, 6) is -0.0590. The van der Waals surface area contributed by atoms with Gasteiger partial charge in [0.05, 0.1) is 6.61 Å². The highest BCUT2D eigenvalue weighted by Gasteiger charge is 2.02. The van der Waals surface area contributed by atoms with Gasteiger partial charge in [-0.25, -0.2) is 0 Å². The fourth-order valence-corrected chi connectivity index (χ4v) is 3.66. The van der Waals surface area contributed by atoms with E-state index in [0.29, 0.717) is 19.6 Å². The molecular formula is C26H52O3. The van der Waals surface area contributed by atoms with E-state index >= 15 is 0 Å². The molecule has 0 fully saturated rings. The van der Waals surface area contributed by atoms with Gasteiger partial charge in [-0.05, 0) is 12.8 Å². The van der Waals surface area contributed by atoms with E-state index in [9.17, 15) is 4.79 Å². The third-order valence-corrected chi connectivity index (χ3v) is 5.62. The maximum absolute atomic E-state index is 11.7. The lowest BCUT2D eigenvalue weighted by Crippen LogP contribution is -2.10. The van der Waals surface area contributed by atoms with Crippen molar-refractivity contribution >= 4 is 5.97 Å². The number of esters is 1. The van der Waals surface area contributed by atoms with Crippen LogP contribution in [0.4, 0.5) is 0 Å². The minimum atomic E-state index is -0.0590. The fourth-order valence-electron chi connectivity index (χ4n) is 3.66. The van der Waals surface area contributed by atoms with Crippen LogP contribution in [0.1, 0.15) is 142 Å². The molecule has 0 unspecified atom stereocenters. The van der Waals surface area contributed by atoms with Crippen LogP contribution in [0.25, 0.3) is 0 Å². The number of carbonyl (C=O) groups is 1. The first kappa shape index (κ1) is 28.4. The van der Waals surface area contributed by atoms with E-state index < -0.39 is 0 Å². The zero-order valence-corrected chi connectivity index (χ0v) is 20.0. The Morgan fingerprint density at radius 1 is 0.483 bits per heavy atom. The van der Waals surface area contributed by atoms with Gasteiger partial charge in [0.25, 0.3) is 0 Å². The van der Waals surface area contributed by atoms with Crippen LogP contribution in [0.5, 0.6) is 0 Å². The minimum Gasteiger partial charge on any atom is -0.463 e. The third-order valence-electron chi connectivity index (χ3n) is 5.62. The maximum atomic E-state index is 11.7. The topological polar surface area (TPSA) is 35.5 Å². The van der Waals surface area contributed by atoms with Gasteiger partial charge in [0.15, 0.2) is 0 Å². The van der Waals surface area contributed by atoms with Crippen molar-refractivity contribution < 1.29 is 14.3 Å². The summed E-state index contributed by atoms with van der Waals surface area (Å²) in [6.07, 6.45) is 25.5. The Hall–Kier alpha value is -0.570. The molecule has 0 spiro atoms. The van der Waals surface area contributed by atoms with Gasteiger partial charge in [-0.15, -0.1) is 0 Å². The molecule has 0 aliphatic carbocycles. The first-order chi connectivity index (χ1) is 14.3. The summed E-state index contributed by atoms with van der Waals surface area (Å²) in [6.45, 7) is 6.26. The largest absolute Gasteiger partial charge is 0.463 e. The molecule has 0 saturated heterocycles. The van der Waals surface area contributed by atoms with Crippen LogP contribution in [0.3, 0.4) is 0 Å². The van der Waals surface area contributed by atoms with E-state index in [1.54, 1.807) is 0 Å². The molecule has 29 heavy (non-hydrogen) atoms. The van der Waals surface area contributed by atoms with Gasteiger partial charge in [-0.3, -0.25) is 4.79 Å². The fraction of sp³-hybridized carbons (Fsp3) is 0.962. The number of hydrogen-bond acceptors (Lipinski definition) is 3. The molecule has 0 aliphatic heterocycles. The quantitative estimate of drug-likeness (QED) is 0.118. The van der Waals surface area contributed by atoms with Crippen molar-refractivity contribution in [1.29, 1.82) is 0 Å². The molecule has 3 heteroatoms. The lowest BCUT2D eigenvalue weighted by molar-refractivity contribution is -0.145. The molecule has 0 aliphatic rings. The number of ether oxygens (including phenoxy) is 2. The van der Waals surface area contributed by atoms with Crippen LogP contribution < -0.4 is 0 Å². The summed E-state index contributed by atoms with van der Waals surface area (Å²) >= 11 is 0. The van der Waals surface area contributed by atoms with Crippen LogP contribution in [0.15, 0.2) is 0 Å². The minimum absolute atomic E-state index is 0.0590. The van der Waals surface area contributed by atoms with Gasteiger partial charge in [0.2, 0.25) is 0 Å². The first-order valence-corrected chi connectivity index (χ1v) is 13.0. The molecular weight excluding hydrogens is 360 g/mol. The van der Waals surface area contributed by atoms with Gasteiger partial charge in [0.1, 0.15) is 6.61 Å². The van der Waals surface area contributed by atoms with E-state index in [2.05, 4.69) is 13.8 Å². The summed E-state index contributed by atoms with van der Waals surface area (Å²) in [4.78, 5) is 11.7. The van der Waals surface area contributed by atoms with Crippen molar-refractivity contribution in [2.24, 2.45) is 0 Å². The molecule has 0 N–H and O–H groups in total. The predicted molar refractivity (Wildman–Crippen MR) is 125 cm³/mol. The first-order valence-electron chi connectivity index (χ1n) is 13.0. The van der Waals surface area contributed by atoms with Gasteiger partial charge in [0, 0.05) is 13.0 Å². The Labute approximate surface area is 182 Å². The highest BCUT2D eigenvalue weighted by Crippen LogP contribution is 2.13. The van der Waals surface area contributed by atoms with E-state index in [1.807, 2.05) is 0 Å². The van der Waals surface area contributed by atoms with E-state index in [0.717, 1.165) is 25.9 Å². The molecule has 0 aromatic rings. The molecule has 0 aromatic carbocycles. The molecule has 0 saturated carbocycles. The standard InChI is InChI=1S/C26H52O3/c1-3-5-7-9-11-12-13-14-15-16-17-18-20-22-26(27)29-25-24-28-23-21-19-10-8-6-4-2/h3-25H2,1-2H3. The summed E-state index contributed by atoms with van der Waals surface area (Å²) in [6, 6.07) is 0. The Bertz CT molecular complexity index is 317. The summed E-state index contributed by atoms with van der Waals surface area (Å²) in [7, 11) is 0. The molecule has 0 heterocycles. The second-order valence-electron chi connectivity index (χ2n) is 8.59. The lowest BCUT2D eigenvalue weighted by Gasteiger charge is -2.06. The second-order valence-corrected chi connectivity index (χ2v) is 8.59. The van der Waals surface area contributed by atoms with Gasteiger partial charge in [-0.1, -0.05) is 123 Å². The Morgan fingerprint density at radius 3 is 1.38 bits per heavy atom. The number of carbonyl (C=O) groups excluding carboxylic acids is 1. The second kappa shape index (κ2) is 25.5. The Kier molecular flexibility index (Phi) is 25.0. The summed E-state index contributed by atoms with van der Waals surface area (Å²) in [5, 5.41) is 0. The average Bonchev–Trinajstić information content (AvgIpc) is 2.72. The van der Waals surface area contributed by atoms with Crippen LogP contribution in [-0.4, -0.2) is 25.8 Å². The van der Waals surface area contributed by atoms with Crippen molar-refractivity contribution in [2.45, 2.75) is 142 Å². The molecule has 0 bridgehead atoms. The molecule has 0 amide bonds. The third kappa shape index (κ3) is 25.4. The van der Waals surface area contributed by atoms with Crippen molar-refractivity contribution in [2.75, 3.05) is 19.8 Å². The molecule has 174 valence electrons. The van der Waals surface area contributed by atoms with Crippen molar-refractivity contribution in [3.8, 4) is 0 Å². The predicted octanol–water partition coefficient (Wildman–Crippen LogP) is 8.39. The number of rotatable bonds is 24. The molecule has 0 rings (SSSR count). The average molecular weight is 413 g/mol. The zero-order chi connectivity index (χ0) is 21.3. The zero-order valence-electron chi connectivity index (χ0n) is 20.0. The lowest BCUT2D eigenvalue weighted by atomic mass is 10.0. The van der Waals surface area contributed by atoms with E-state index in [4.69, 9.17) is 9.47 Å². The van der Waals surface area contributed by atoms with Crippen LogP contribution in [0, 0.1) is 0 Å². The van der Waals surface area contributed by atoms with Crippen LogP contribution in [-0.2, 0) is 14.3 Å². The summed E-state index contributed by atoms with van der Waals surface area (Å²) in [5.41, 5.74) is 0.